The molecule has 0 heterocycles. The maximum Gasteiger partial charge on any atom is 0.416 e. The number of hydrogen-bond acceptors (Lipinski definition) is 4. The molecule has 2 N–H and O–H groups in total. The molecule has 0 saturated heterocycles. The number of carbonyl (C=O) groups is 2. The quantitative estimate of drug-likeness (QED) is 0.173. The molecule has 0 fully saturated rings. The summed E-state index contributed by atoms with van der Waals surface area (Å²) in [5.74, 6) is -5.17. The largest absolute Gasteiger partial charge is 0.491 e. The molecular weight excluding hydrogens is 540 g/mol. The Morgan fingerprint density at radius 1 is 0.900 bits per heavy atom. The van der Waals surface area contributed by atoms with Crippen LogP contribution in [0.3, 0.4) is 0 Å². The molecule has 0 aromatic heterocycles. The van der Waals surface area contributed by atoms with Crippen LogP contribution in [0, 0.1) is 23.4 Å². The van der Waals surface area contributed by atoms with Gasteiger partial charge in [0.2, 0.25) is 0 Å². The normalized spacial score (nSPS) is 12.3. The molecule has 0 spiro atoms. The van der Waals surface area contributed by atoms with E-state index in [0.717, 1.165) is 12.1 Å². The Hall–Kier alpha value is -4.02. The maximum atomic E-state index is 14.8. The third-order valence-corrected chi connectivity index (χ3v) is 6.17. The summed E-state index contributed by atoms with van der Waals surface area (Å²) < 4.78 is 87.9. The summed E-state index contributed by atoms with van der Waals surface area (Å²) in [6.07, 6.45) is -4.55. The first-order valence-electron chi connectivity index (χ1n) is 12.4. The van der Waals surface area contributed by atoms with E-state index in [4.69, 9.17) is 9.84 Å². The summed E-state index contributed by atoms with van der Waals surface area (Å²) in [4.78, 5) is 22.8. The molecular formula is C29H27F6NO4. The maximum absolute atomic E-state index is 14.8. The number of nitrogens with one attached hydrogen (secondary N) is 1. The van der Waals surface area contributed by atoms with Crippen LogP contribution in [0.5, 0.6) is 5.75 Å². The fourth-order valence-corrected chi connectivity index (χ4v) is 3.88. The van der Waals surface area contributed by atoms with E-state index >= 15 is 0 Å². The minimum Gasteiger partial charge on any atom is -0.491 e. The minimum absolute atomic E-state index is 0.00691. The van der Waals surface area contributed by atoms with E-state index in [0.29, 0.717) is 23.4 Å². The highest BCUT2D eigenvalue weighted by Crippen LogP contribution is 2.36. The molecule has 1 atom stereocenters. The first kappa shape index (κ1) is 30.5. The number of anilines is 1. The van der Waals surface area contributed by atoms with E-state index in [1.807, 2.05) is 13.8 Å². The average molecular weight is 568 g/mol. The monoisotopic (exact) mass is 567 g/mol. The fraction of sp³-hybridized carbons (Fsp3) is 0.310. The number of rotatable bonds is 12. The van der Waals surface area contributed by atoms with Crippen LogP contribution in [0.1, 0.15) is 49.0 Å². The predicted octanol–water partition coefficient (Wildman–Crippen LogP) is 7.74. The lowest BCUT2D eigenvalue weighted by Gasteiger charge is -2.24. The average Bonchev–Trinajstić information content (AvgIpc) is 2.86. The van der Waals surface area contributed by atoms with E-state index < -0.39 is 46.3 Å². The second kappa shape index (κ2) is 12.9. The Kier molecular flexibility index (Phi) is 9.83. The van der Waals surface area contributed by atoms with Crippen LogP contribution in [0.15, 0.2) is 54.6 Å². The van der Waals surface area contributed by atoms with E-state index in [1.54, 1.807) is 24.3 Å². The molecule has 0 aliphatic heterocycles. The molecule has 0 amide bonds. The topological polar surface area (TPSA) is 75.6 Å². The summed E-state index contributed by atoms with van der Waals surface area (Å²) >= 11 is 0. The summed E-state index contributed by atoms with van der Waals surface area (Å²) in [5.41, 5.74) is -1.66. The van der Waals surface area contributed by atoms with Gasteiger partial charge in [0, 0.05) is 41.8 Å². The van der Waals surface area contributed by atoms with Gasteiger partial charge < -0.3 is 15.2 Å². The molecule has 40 heavy (non-hydrogen) atoms. The van der Waals surface area contributed by atoms with Gasteiger partial charge in [-0.3, -0.25) is 9.59 Å². The highest BCUT2D eigenvalue weighted by Gasteiger charge is 2.32. The van der Waals surface area contributed by atoms with Gasteiger partial charge in [0.05, 0.1) is 17.2 Å². The minimum atomic E-state index is -4.81. The molecule has 3 aromatic carbocycles. The van der Waals surface area contributed by atoms with Crippen LogP contribution >= 0.6 is 0 Å². The highest BCUT2D eigenvalue weighted by atomic mass is 19.4. The van der Waals surface area contributed by atoms with Crippen LogP contribution in [0.2, 0.25) is 0 Å². The molecule has 0 radical (unpaired) electrons. The number of benzene rings is 3. The lowest BCUT2D eigenvalue weighted by Crippen LogP contribution is -2.32. The zero-order valence-electron chi connectivity index (χ0n) is 21.6. The van der Waals surface area contributed by atoms with Crippen LogP contribution in [0.25, 0.3) is 11.1 Å². The number of halogens is 6. The van der Waals surface area contributed by atoms with Gasteiger partial charge in [0.25, 0.3) is 0 Å². The first-order chi connectivity index (χ1) is 18.8. The lowest BCUT2D eigenvalue weighted by molar-refractivity contribution is -0.138. The van der Waals surface area contributed by atoms with Crippen molar-refractivity contribution in [2.45, 2.75) is 45.3 Å². The second-order valence-electron chi connectivity index (χ2n) is 9.51. The third kappa shape index (κ3) is 8.00. The Labute approximate surface area is 226 Å². The lowest BCUT2D eigenvalue weighted by atomic mass is 10.0. The molecule has 5 nitrogen and oxygen atoms in total. The van der Waals surface area contributed by atoms with Crippen LogP contribution in [0.4, 0.5) is 32.0 Å². The summed E-state index contributed by atoms with van der Waals surface area (Å²) in [6, 6.07) is 9.28. The smallest absolute Gasteiger partial charge is 0.416 e. The van der Waals surface area contributed by atoms with Gasteiger partial charge in [-0.25, -0.2) is 13.2 Å². The Morgan fingerprint density at radius 2 is 1.52 bits per heavy atom. The molecule has 214 valence electrons. The van der Waals surface area contributed by atoms with Gasteiger partial charge in [-0.05, 0) is 48.7 Å². The predicted molar refractivity (Wildman–Crippen MR) is 137 cm³/mol. The van der Waals surface area contributed by atoms with E-state index in [-0.39, 0.29) is 55.4 Å². The second-order valence-corrected chi connectivity index (χ2v) is 9.51. The summed E-state index contributed by atoms with van der Waals surface area (Å²) in [5, 5.41) is 11.9. The van der Waals surface area contributed by atoms with Crippen LogP contribution in [-0.2, 0) is 11.0 Å². The van der Waals surface area contributed by atoms with Crippen molar-refractivity contribution >= 4 is 17.4 Å². The van der Waals surface area contributed by atoms with Crippen LogP contribution in [-0.4, -0.2) is 29.5 Å². The molecule has 11 heteroatoms. The van der Waals surface area contributed by atoms with Gasteiger partial charge in [0.1, 0.15) is 29.8 Å². The van der Waals surface area contributed by atoms with Crippen molar-refractivity contribution in [2.24, 2.45) is 5.92 Å². The number of hydrogen-bond donors (Lipinski definition) is 2. The van der Waals surface area contributed by atoms with Crippen molar-refractivity contribution in [3.05, 3.63) is 83.2 Å². The van der Waals surface area contributed by atoms with Gasteiger partial charge >= 0.3 is 12.1 Å². The Bertz CT molecular complexity index is 1330. The summed E-state index contributed by atoms with van der Waals surface area (Å²) in [7, 11) is 0. The van der Waals surface area contributed by atoms with Crippen LogP contribution < -0.4 is 10.1 Å². The third-order valence-electron chi connectivity index (χ3n) is 6.17. The van der Waals surface area contributed by atoms with Gasteiger partial charge in [-0.2, -0.15) is 13.2 Å². The number of aliphatic carboxylic acids is 1. The van der Waals surface area contributed by atoms with Gasteiger partial charge in [-0.15, -0.1) is 0 Å². The first-order valence-corrected chi connectivity index (χ1v) is 12.4. The zero-order valence-corrected chi connectivity index (χ0v) is 21.6. The number of carboxylic acids is 1. The fourth-order valence-electron chi connectivity index (χ4n) is 3.88. The van der Waals surface area contributed by atoms with E-state index in [2.05, 4.69) is 5.32 Å². The number of ether oxygens (including phenoxy) is 1. The standard InChI is InChI=1S/C29H27F6NO4/c1-16(2)25(36-19-9-6-17(7-10-19)26(37)4-3-5-27(38)39)15-40-20-13-23(31)28(24(32)14-20)21-11-8-18(12-22(21)30)29(33,34)35/h6-14,16,25,36H,3-5,15H2,1-2H3,(H,38,39)/t25-/m1/s1. The van der Waals surface area contributed by atoms with Crippen molar-refractivity contribution in [2.75, 3.05) is 11.9 Å². The molecule has 3 aromatic rings. The molecule has 0 aliphatic rings. The van der Waals surface area contributed by atoms with Crippen molar-refractivity contribution < 1.29 is 45.8 Å². The number of ketones is 1. The number of alkyl halides is 3. The molecule has 0 aliphatic carbocycles. The number of carboxylic acid groups (broad SMARTS) is 1. The number of carbonyl (C=O) groups excluding carboxylic acids is 1. The molecule has 0 saturated carbocycles. The van der Waals surface area contributed by atoms with Gasteiger partial charge in [0.15, 0.2) is 5.78 Å². The van der Waals surface area contributed by atoms with Crippen molar-refractivity contribution in [1.29, 1.82) is 0 Å². The Morgan fingerprint density at radius 3 is 2.05 bits per heavy atom. The Balaban J connectivity index is 1.68. The van der Waals surface area contributed by atoms with Crippen molar-refractivity contribution in [1.82, 2.24) is 0 Å². The van der Waals surface area contributed by atoms with Crippen molar-refractivity contribution in [3.63, 3.8) is 0 Å². The summed E-state index contributed by atoms with van der Waals surface area (Å²) in [6.45, 7) is 3.75. The number of Topliss-reactive ketones (excluding diaryl/α,β-unsaturated/α-hetero) is 1. The molecule has 3 rings (SSSR count). The van der Waals surface area contributed by atoms with Crippen molar-refractivity contribution in [3.8, 4) is 16.9 Å². The van der Waals surface area contributed by atoms with Gasteiger partial charge in [-0.1, -0.05) is 19.9 Å². The van der Waals surface area contributed by atoms with E-state index in [1.165, 1.54) is 0 Å². The highest BCUT2D eigenvalue weighted by molar-refractivity contribution is 5.96. The molecule has 0 bridgehead atoms. The molecule has 0 unspecified atom stereocenters. The zero-order chi connectivity index (χ0) is 29.6. The van der Waals surface area contributed by atoms with E-state index in [9.17, 15) is 35.9 Å². The SMILES string of the molecule is CC(C)[C@@H](COc1cc(F)c(-c2ccc(C(F)(F)F)cc2F)c(F)c1)Nc1ccc(C(=O)CCCC(=O)O)cc1.